The summed E-state index contributed by atoms with van der Waals surface area (Å²) in [5.74, 6) is 0.167. The smallest absolute Gasteiger partial charge is 0.344 e. The minimum atomic E-state index is -0.465. The van der Waals surface area contributed by atoms with E-state index in [4.69, 9.17) is 19.5 Å². The highest BCUT2D eigenvalue weighted by Crippen LogP contribution is 2.35. The van der Waals surface area contributed by atoms with Gasteiger partial charge in [0.1, 0.15) is 0 Å². The number of ether oxygens (including phenoxy) is 3. The molecule has 0 radical (unpaired) electrons. The Morgan fingerprint density at radius 1 is 1.18 bits per heavy atom. The first kappa shape index (κ1) is 24.3. The zero-order valence-corrected chi connectivity index (χ0v) is 20.6. The van der Waals surface area contributed by atoms with E-state index in [1.165, 1.54) is 5.01 Å². The molecule has 2 aromatic rings. The number of anilines is 1. The molecule has 0 bridgehead atoms. The van der Waals surface area contributed by atoms with Crippen LogP contribution in [0.4, 0.5) is 5.69 Å². The van der Waals surface area contributed by atoms with Crippen LogP contribution in [-0.4, -0.2) is 37.4 Å². The number of hydrogen-bond acceptors (Lipinski definition) is 7. The van der Waals surface area contributed by atoms with Gasteiger partial charge in [0, 0.05) is 0 Å². The maximum absolute atomic E-state index is 13.0. The van der Waals surface area contributed by atoms with Gasteiger partial charge in [0.15, 0.2) is 18.1 Å². The quantitative estimate of drug-likeness (QED) is 0.272. The topological polar surface area (TPSA) is 101 Å². The number of rotatable bonds is 8. The molecule has 1 aliphatic heterocycles. The van der Waals surface area contributed by atoms with Crippen LogP contribution < -0.4 is 14.5 Å². The van der Waals surface area contributed by atoms with Gasteiger partial charge in [-0.1, -0.05) is 0 Å². The van der Waals surface area contributed by atoms with E-state index >= 15 is 0 Å². The predicted molar refractivity (Wildman–Crippen MR) is 132 cm³/mol. The molecular weight excluding hydrogens is 537 g/mol. The Labute approximate surface area is 205 Å². The lowest BCUT2D eigenvalue weighted by atomic mass is 10.1. The highest BCUT2D eigenvalue weighted by molar-refractivity contribution is 14.1. The number of hydrogen-bond donors (Lipinski definition) is 0. The van der Waals surface area contributed by atoms with Crippen LogP contribution in [0.15, 0.2) is 47.1 Å². The molecule has 0 spiro atoms. The molecule has 170 valence electrons. The third kappa shape index (κ3) is 5.70. The molecule has 33 heavy (non-hydrogen) atoms. The largest absolute Gasteiger partial charge is 0.490 e. The summed E-state index contributed by atoms with van der Waals surface area (Å²) in [6, 6.07) is 12.3. The molecule has 1 aliphatic rings. The lowest BCUT2D eigenvalue weighted by Gasteiger charge is -2.14. The molecule has 1 amide bonds. The summed E-state index contributed by atoms with van der Waals surface area (Å²) >= 11 is 2.10. The number of halogens is 1. The fourth-order valence-corrected chi connectivity index (χ4v) is 3.89. The second-order valence-electron chi connectivity index (χ2n) is 6.88. The van der Waals surface area contributed by atoms with Gasteiger partial charge in [0.05, 0.1) is 45.4 Å². The van der Waals surface area contributed by atoms with Crippen molar-refractivity contribution in [3.63, 3.8) is 0 Å². The summed E-state index contributed by atoms with van der Waals surface area (Å²) in [6.45, 7) is 5.79. The minimum Gasteiger partial charge on any atom is -0.490 e. The summed E-state index contributed by atoms with van der Waals surface area (Å²) < 4.78 is 17.0. The van der Waals surface area contributed by atoms with E-state index in [1.807, 2.05) is 13.0 Å². The van der Waals surface area contributed by atoms with Gasteiger partial charge >= 0.3 is 5.97 Å². The van der Waals surface area contributed by atoms with Crippen LogP contribution in [0, 0.1) is 14.9 Å². The van der Waals surface area contributed by atoms with Crippen molar-refractivity contribution in [2.45, 2.75) is 20.8 Å². The van der Waals surface area contributed by atoms with E-state index in [-0.39, 0.29) is 19.1 Å². The summed E-state index contributed by atoms with van der Waals surface area (Å²) in [4.78, 5) is 24.7. The molecule has 0 aliphatic carbocycles. The highest BCUT2D eigenvalue weighted by atomic mass is 127. The second kappa shape index (κ2) is 11.0. The van der Waals surface area contributed by atoms with E-state index in [2.05, 4.69) is 33.8 Å². The van der Waals surface area contributed by atoms with Crippen molar-refractivity contribution in [3.8, 4) is 17.6 Å². The number of nitriles is 1. The van der Waals surface area contributed by atoms with Crippen LogP contribution in [0.1, 0.15) is 31.9 Å². The molecule has 0 saturated carbocycles. The van der Waals surface area contributed by atoms with Crippen LogP contribution in [0.5, 0.6) is 11.5 Å². The highest BCUT2D eigenvalue weighted by Gasteiger charge is 2.29. The Kier molecular flexibility index (Phi) is 8.06. The summed E-state index contributed by atoms with van der Waals surface area (Å²) in [7, 11) is 0. The third-order valence-corrected chi connectivity index (χ3v) is 5.39. The average Bonchev–Trinajstić information content (AvgIpc) is 3.07. The van der Waals surface area contributed by atoms with Crippen molar-refractivity contribution in [2.24, 2.45) is 5.10 Å². The first-order chi connectivity index (χ1) is 15.9. The van der Waals surface area contributed by atoms with E-state index in [0.29, 0.717) is 40.6 Å². The number of amides is 1. The fourth-order valence-electron chi connectivity index (χ4n) is 3.11. The number of carbonyl (C=O) groups is 2. The Morgan fingerprint density at radius 2 is 1.91 bits per heavy atom. The third-order valence-electron chi connectivity index (χ3n) is 4.59. The molecule has 0 N–H and O–H groups in total. The fraction of sp³-hybridized carbons (Fsp3) is 0.250. The zero-order valence-electron chi connectivity index (χ0n) is 18.4. The molecular formula is C24H22IN3O5. The van der Waals surface area contributed by atoms with Crippen molar-refractivity contribution in [1.82, 2.24) is 0 Å². The van der Waals surface area contributed by atoms with Crippen LogP contribution in [0.25, 0.3) is 6.08 Å². The van der Waals surface area contributed by atoms with Crippen molar-refractivity contribution in [3.05, 3.63) is 56.7 Å². The number of carbonyl (C=O) groups excluding carboxylic acids is 2. The first-order valence-electron chi connectivity index (χ1n) is 10.2. The molecule has 1 heterocycles. The SMILES string of the molecule is CCOC(=O)COc1c(I)cc(C=C2C(=O)N(c3ccc(C#N)cc3)N=C2C)cc1OCC. The number of benzene rings is 2. The lowest BCUT2D eigenvalue weighted by Crippen LogP contribution is -2.21. The standard InChI is InChI=1S/C24H22IN3O5/c1-4-31-21-12-17(11-20(25)23(21)33-14-22(29)32-5-2)10-19-15(3)27-28(24(19)30)18-8-6-16(13-26)7-9-18/h6-12H,4-5,14H2,1-3H3. The minimum absolute atomic E-state index is 0.228. The van der Waals surface area contributed by atoms with Crippen LogP contribution in [0.3, 0.4) is 0 Å². The van der Waals surface area contributed by atoms with Crippen molar-refractivity contribution >= 4 is 51.9 Å². The molecule has 2 aromatic carbocycles. The molecule has 3 rings (SSSR count). The summed E-state index contributed by atoms with van der Waals surface area (Å²) in [6.07, 6.45) is 1.74. The maximum atomic E-state index is 13.0. The second-order valence-corrected chi connectivity index (χ2v) is 8.04. The molecule has 0 saturated heterocycles. The molecule has 0 unspecified atom stereocenters. The lowest BCUT2D eigenvalue weighted by molar-refractivity contribution is -0.145. The van der Waals surface area contributed by atoms with E-state index in [1.54, 1.807) is 50.3 Å². The molecule has 0 fully saturated rings. The van der Waals surface area contributed by atoms with Crippen LogP contribution in [0.2, 0.25) is 0 Å². The van der Waals surface area contributed by atoms with Crippen molar-refractivity contribution in [1.29, 1.82) is 5.26 Å². The van der Waals surface area contributed by atoms with Crippen molar-refractivity contribution < 1.29 is 23.8 Å². The van der Waals surface area contributed by atoms with E-state index < -0.39 is 5.97 Å². The van der Waals surface area contributed by atoms with Gasteiger partial charge in [0.25, 0.3) is 5.91 Å². The van der Waals surface area contributed by atoms with Gasteiger partial charge in [-0.05, 0) is 91.4 Å². The molecule has 0 atom stereocenters. The Balaban J connectivity index is 1.88. The molecule has 9 heteroatoms. The Bertz CT molecular complexity index is 1170. The van der Waals surface area contributed by atoms with E-state index in [9.17, 15) is 9.59 Å². The Hall–Kier alpha value is -3.39. The monoisotopic (exact) mass is 559 g/mol. The molecule has 8 nitrogen and oxygen atoms in total. The van der Waals surface area contributed by atoms with E-state index in [0.717, 1.165) is 9.13 Å². The average molecular weight is 559 g/mol. The van der Waals surface area contributed by atoms with Crippen molar-refractivity contribution in [2.75, 3.05) is 24.8 Å². The van der Waals surface area contributed by atoms with Gasteiger partial charge in [0.2, 0.25) is 0 Å². The van der Waals surface area contributed by atoms with Gasteiger partial charge in [-0.3, -0.25) is 4.79 Å². The summed E-state index contributed by atoms with van der Waals surface area (Å²) in [5.41, 5.74) is 2.82. The summed E-state index contributed by atoms with van der Waals surface area (Å²) in [5, 5.41) is 14.7. The number of esters is 1. The van der Waals surface area contributed by atoms with Gasteiger partial charge in [-0.2, -0.15) is 15.4 Å². The normalized spacial score (nSPS) is 14.2. The van der Waals surface area contributed by atoms with Gasteiger partial charge in [-0.25, -0.2) is 4.79 Å². The number of nitrogens with zero attached hydrogens (tertiary/aromatic N) is 3. The maximum Gasteiger partial charge on any atom is 0.344 e. The Morgan fingerprint density at radius 3 is 2.55 bits per heavy atom. The zero-order chi connectivity index (χ0) is 24.0. The first-order valence-corrected chi connectivity index (χ1v) is 11.3. The van der Waals surface area contributed by atoms with Gasteiger partial charge < -0.3 is 14.2 Å². The predicted octanol–water partition coefficient (Wildman–Crippen LogP) is 4.31. The van der Waals surface area contributed by atoms with Crippen LogP contribution in [-0.2, 0) is 14.3 Å². The molecule has 0 aromatic heterocycles. The van der Waals surface area contributed by atoms with Gasteiger partial charge in [-0.15, -0.1) is 0 Å². The number of hydrazone groups is 1. The van der Waals surface area contributed by atoms with Crippen LogP contribution >= 0.6 is 22.6 Å².